The molecule has 4 nitrogen and oxygen atoms in total. The molecule has 1 heterocycles. The molecule has 0 saturated heterocycles. The van der Waals surface area contributed by atoms with Gasteiger partial charge in [0.25, 0.3) is 0 Å². The van der Waals surface area contributed by atoms with Crippen molar-refractivity contribution >= 4 is 0 Å². The second-order valence-corrected chi connectivity index (χ2v) is 4.80. The molecule has 1 atom stereocenters. The smallest absolute Gasteiger partial charge is 0.233 e. The van der Waals surface area contributed by atoms with Gasteiger partial charge >= 0.3 is 0 Å². The summed E-state index contributed by atoms with van der Waals surface area (Å²) in [5.41, 5.74) is 2.59. The van der Waals surface area contributed by atoms with Crippen LogP contribution >= 0.6 is 0 Å². The van der Waals surface area contributed by atoms with Gasteiger partial charge in [0.1, 0.15) is 0 Å². The zero-order valence-corrected chi connectivity index (χ0v) is 11.8. The first kappa shape index (κ1) is 13.7. The predicted octanol–water partition coefficient (Wildman–Crippen LogP) is 2.83. The van der Waals surface area contributed by atoms with Crippen molar-refractivity contribution in [2.45, 2.75) is 39.7 Å². The molecule has 0 aliphatic carbocycles. The second kappa shape index (κ2) is 6.48. The maximum atomic E-state index is 5.67. The summed E-state index contributed by atoms with van der Waals surface area (Å²) in [4.78, 5) is 0. The highest BCUT2D eigenvalue weighted by Gasteiger charge is 2.12. The van der Waals surface area contributed by atoms with Gasteiger partial charge in [0, 0.05) is 6.42 Å². The third-order valence-electron chi connectivity index (χ3n) is 3.07. The number of nitrogens with one attached hydrogen (secondary N) is 1. The molecule has 4 heteroatoms. The summed E-state index contributed by atoms with van der Waals surface area (Å²) in [5, 5.41) is 11.4. The van der Waals surface area contributed by atoms with Gasteiger partial charge in [0.05, 0.1) is 6.04 Å². The molecule has 0 aliphatic heterocycles. The highest BCUT2D eigenvalue weighted by Crippen LogP contribution is 2.12. The summed E-state index contributed by atoms with van der Waals surface area (Å²) in [6.07, 6.45) is 1.72. The third-order valence-corrected chi connectivity index (χ3v) is 3.07. The van der Waals surface area contributed by atoms with E-state index >= 15 is 0 Å². The molecule has 0 radical (unpaired) electrons. The van der Waals surface area contributed by atoms with Crippen LogP contribution in [0.2, 0.25) is 0 Å². The molecular formula is C15H21N3O. The first-order chi connectivity index (χ1) is 9.19. The highest BCUT2D eigenvalue weighted by atomic mass is 16.4. The zero-order valence-electron chi connectivity index (χ0n) is 11.8. The number of rotatable bonds is 6. The number of aryl methyl sites for hydroxylation is 3. The molecule has 2 aromatic rings. The molecule has 1 N–H and O–H groups in total. The van der Waals surface area contributed by atoms with Crippen LogP contribution in [0.25, 0.3) is 0 Å². The Kier molecular flexibility index (Phi) is 4.68. The predicted molar refractivity (Wildman–Crippen MR) is 75.0 cm³/mol. The summed E-state index contributed by atoms with van der Waals surface area (Å²) in [5.74, 6) is 1.38. The Labute approximate surface area is 114 Å². The van der Waals surface area contributed by atoms with E-state index in [0.29, 0.717) is 11.8 Å². The van der Waals surface area contributed by atoms with Crippen molar-refractivity contribution in [2.24, 2.45) is 0 Å². The molecule has 0 amide bonds. The first-order valence-electron chi connectivity index (χ1n) is 6.80. The van der Waals surface area contributed by atoms with Crippen molar-refractivity contribution in [2.75, 3.05) is 6.54 Å². The topological polar surface area (TPSA) is 51.0 Å². The second-order valence-electron chi connectivity index (χ2n) is 4.80. The van der Waals surface area contributed by atoms with Crippen molar-refractivity contribution in [3.8, 4) is 0 Å². The van der Waals surface area contributed by atoms with E-state index in [2.05, 4.69) is 53.6 Å². The Morgan fingerprint density at radius 2 is 2.11 bits per heavy atom. The summed E-state index contributed by atoms with van der Waals surface area (Å²) in [6, 6.07) is 8.62. The lowest BCUT2D eigenvalue weighted by atomic mass is 10.1. The van der Waals surface area contributed by atoms with Crippen molar-refractivity contribution in [3.63, 3.8) is 0 Å². The van der Waals surface area contributed by atoms with Gasteiger partial charge in [0.2, 0.25) is 11.8 Å². The number of nitrogens with zero attached hydrogens (tertiary/aromatic N) is 2. The van der Waals surface area contributed by atoms with Crippen LogP contribution in [0.3, 0.4) is 0 Å². The zero-order chi connectivity index (χ0) is 13.7. The van der Waals surface area contributed by atoms with Crippen LogP contribution in [0.5, 0.6) is 0 Å². The summed E-state index contributed by atoms with van der Waals surface area (Å²) >= 11 is 0. The Hall–Kier alpha value is -1.68. The minimum Gasteiger partial charge on any atom is -0.424 e. The van der Waals surface area contributed by atoms with Crippen molar-refractivity contribution in [3.05, 3.63) is 47.2 Å². The van der Waals surface area contributed by atoms with Gasteiger partial charge in [-0.2, -0.15) is 0 Å². The minimum atomic E-state index is 0.116. The molecule has 1 aromatic carbocycles. The standard InChI is InChI=1S/C15H21N3O/c1-4-16-12(3)15-18-17-14(19-15)9-8-13-7-5-6-11(2)10-13/h5-7,10,12,16H,4,8-9H2,1-3H3. The van der Waals surface area contributed by atoms with E-state index in [1.807, 2.05) is 6.92 Å². The van der Waals surface area contributed by atoms with Crippen molar-refractivity contribution in [1.29, 1.82) is 0 Å². The van der Waals surface area contributed by atoms with Gasteiger partial charge in [0.15, 0.2) is 0 Å². The normalized spacial score (nSPS) is 12.6. The van der Waals surface area contributed by atoms with Crippen LogP contribution in [0, 0.1) is 6.92 Å². The molecule has 0 spiro atoms. The SMILES string of the molecule is CCNC(C)c1nnc(CCc2cccc(C)c2)o1. The summed E-state index contributed by atoms with van der Waals surface area (Å²) in [6.45, 7) is 7.08. The molecule has 0 saturated carbocycles. The fraction of sp³-hybridized carbons (Fsp3) is 0.467. The lowest BCUT2D eigenvalue weighted by Crippen LogP contribution is -2.17. The van der Waals surface area contributed by atoms with Gasteiger partial charge in [-0.05, 0) is 32.4 Å². The number of hydrogen-bond acceptors (Lipinski definition) is 4. The molecule has 2 rings (SSSR count). The Bertz CT molecular complexity index is 522. The maximum absolute atomic E-state index is 5.67. The maximum Gasteiger partial charge on any atom is 0.233 e. The number of benzene rings is 1. The fourth-order valence-electron chi connectivity index (χ4n) is 2.06. The average Bonchev–Trinajstić information content (AvgIpc) is 2.86. The third kappa shape index (κ3) is 3.89. The highest BCUT2D eigenvalue weighted by molar-refractivity contribution is 5.22. The Morgan fingerprint density at radius 3 is 2.84 bits per heavy atom. The van der Waals surface area contributed by atoms with E-state index in [-0.39, 0.29) is 6.04 Å². The average molecular weight is 259 g/mol. The Balaban J connectivity index is 1.93. The fourth-order valence-corrected chi connectivity index (χ4v) is 2.06. The largest absolute Gasteiger partial charge is 0.424 e. The van der Waals surface area contributed by atoms with Crippen LogP contribution in [0.4, 0.5) is 0 Å². The van der Waals surface area contributed by atoms with E-state index in [9.17, 15) is 0 Å². The summed E-state index contributed by atoms with van der Waals surface area (Å²) in [7, 11) is 0. The van der Waals surface area contributed by atoms with E-state index in [1.165, 1.54) is 11.1 Å². The number of aromatic nitrogens is 2. The lowest BCUT2D eigenvalue weighted by molar-refractivity contribution is 0.396. The van der Waals surface area contributed by atoms with Crippen LogP contribution < -0.4 is 5.32 Å². The quantitative estimate of drug-likeness (QED) is 0.866. The van der Waals surface area contributed by atoms with Crippen molar-refractivity contribution in [1.82, 2.24) is 15.5 Å². The van der Waals surface area contributed by atoms with Crippen molar-refractivity contribution < 1.29 is 4.42 Å². The van der Waals surface area contributed by atoms with Gasteiger partial charge in [-0.3, -0.25) is 0 Å². The molecular weight excluding hydrogens is 238 g/mol. The van der Waals surface area contributed by atoms with E-state index in [1.54, 1.807) is 0 Å². The molecule has 0 aliphatic rings. The van der Waals surface area contributed by atoms with Crippen LogP contribution in [-0.4, -0.2) is 16.7 Å². The van der Waals surface area contributed by atoms with E-state index < -0.39 is 0 Å². The van der Waals surface area contributed by atoms with Gasteiger partial charge in [-0.25, -0.2) is 0 Å². The molecule has 19 heavy (non-hydrogen) atoms. The monoisotopic (exact) mass is 259 g/mol. The van der Waals surface area contributed by atoms with E-state index in [0.717, 1.165) is 19.4 Å². The molecule has 0 bridgehead atoms. The minimum absolute atomic E-state index is 0.116. The first-order valence-corrected chi connectivity index (χ1v) is 6.80. The lowest BCUT2D eigenvalue weighted by Gasteiger charge is -2.05. The van der Waals surface area contributed by atoms with Gasteiger partial charge in [-0.1, -0.05) is 36.8 Å². The number of hydrogen-bond donors (Lipinski definition) is 1. The van der Waals surface area contributed by atoms with Crippen LogP contribution in [0.15, 0.2) is 28.7 Å². The Morgan fingerprint density at radius 1 is 1.26 bits per heavy atom. The summed E-state index contributed by atoms with van der Waals surface area (Å²) < 4.78 is 5.67. The molecule has 1 unspecified atom stereocenters. The van der Waals surface area contributed by atoms with Crippen LogP contribution in [-0.2, 0) is 12.8 Å². The van der Waals surface area contributed by atoms with Gasteiger partial charge < -0.3 is 9.73 Å². The van der Waals surface area contributed by atoms with Crippen LogP contribution in [0.1, 0.15) is 42.8 Å². The molecule has 1 aromatic heterocycles. The molecule has 0 fully saturated rings. The van der Waals surface area contributed by atoms with E-state index in [4.69, 9.17) is 4.42 Å². The molecule has 102 valence electrons. The van der Waals surface area contributed by atoms with Gasteiger partial charge in [-0.15, -0.1) is 10.2 Å².